The third-order valence-corrected chi connectivity index (χ3v) is 4.91. The standard InChI is InChI=1S/C16H18ClNO4S/c1-3-4-10-7-11(8-12(13(10)17)16(20)21)18-15(19)14-9(2)22-5-6-23-14/h7-8H,3-6H2,1-2H3,(H,18,19)(H,20,21). The molecule has 1 heterocycles. The molecule has 0 aromatic heterocycles. The number of aromatic carboxylic acids is 1. The number of amides is 1. The molecular formula is C16H18ClNO4S. The number of allylic oxidation sites excluding steroid dienone is 1. The van der Waals surface area contributed by atoms with Gasteiger partial charge in [-0.05, 0) is 31.0 Å². The smallest absolute Gasteiger partial charge is 0.337 e. The molecule has 0 spiro atoms. The van der Waals surface area contributed by atoms with E-state index in [4.69, 9.17) is 16.3 Å². The van der Waals surface area contributed by atoms with Crippen molar-refractivity contribution in [3.05, 3.63) is 38.9 Å². The summed E-state index contributed by atoms with van der Waals surface area (Å²) < 4.78 is 5.38. The van der Waals surface area contributed by atoms with Crippen LogP contribution >= 0.6 is 23.4 Å². The topological polar surface area (TPSA) is 75.6 Å². The Morgan fingerprint density at radius 3 is 2.78 bits per heavy atom. The van der Waals surface area contributed by atoms with E-state index in [0.717, 1.165) is 6.42 Å². The molecule has 1 aliphatic heterocycles. The van der Waals surface area contributed by atoms with E-state index in [9.17, 15) is 14.7 Å². The summed E-state index contributed by atoms with van der Waals surface area (Å²) in [4.78, 5) is 24.2. The highest BCUT2D eigenvalue weighted by Gasteiger charge is 2.20. The Bertz CT molecular complexity index is 672. The van der Waals surface area contributed by atoms with Gasteiger partial charge in [-0.15, -0.1) is 11.8 Å². The summed E-state index contributed by atoms with van der Waals surface area (Å²) in [6.45, 7) is 4.30. The molecule has 5 nitrogen and oxygen atoms in total. The van der Waals surface area contributed by atoms with Gasteiger partial charge in [-0.3, -0.25) is 4.79 Å². The number of thioether (sulfide) groups is 1. The third kappa shape index (κ3) is 4.20. The lowest BCUT2D eigenvalue weighted by molar-refractivity contribution is -0.112. The number of carbonyl (C=O) groups excluding carboxylic acids is 1. The van der Waals surface area contributed by atoms with Gasteiger partial charge in [0.15, 0.2) is 0 Å². The van der Waals surface area contributed by atoms with Crippen LogP contribution in [0.25, 0.3) is 0 Å². The fourth-order valence-electron chi connectivity index (χ4n) is 2.28. The first kappa shape index (κ1) is 17.7. The number of carboxylic acid groups (broad SMARTS) is 1. The van der Waals surface area contributed by atoms with E-state index < -0.39 is 5.97 Å². The third-order valence-electron chi connectivity index (χ3n) is 3.33. The number of hydrogen-bond donors (Lipinski definition) is 2. The van der Waals surface area contributed by atoms with Gasteiger partial charge >= 0.3 is 5.97 Å². The second-order valence-electron chi connectivity index (χ2n) is 5.09. The molecule has 0 atom stereocenters. The van der Waals surface area contributed by atoms with Gasteiger partial charge in [-0.2, -0.15) is 0 Å². The molecule has 1 aromatic rings. The zero-order chi connectivity index (χ0) is 17.0. The number of aryl methyl sites for hydroxylation is 1. The number of anilines is 1. The van der Waals surface area contributed by atoms with Gasteiger partial charge in [-0.1, -0.05) is 24.9 Å². The highest BCUT2D eigenvalue weighted by Crippen LogP contribution is 2.30. The lowest BCUT2D eigenvalue weighted by atomic mass is 10.0. The molecule has 0 saturated carbocycles. The second kappa shape index (κ2) is 7.75. The van der Waals surface area contributed by atoms with Crippen LogP contribution in [0.5, 0.6) is 0 Å². The van der Waals surface area contributed by atoms with Gasteiger partial charge in [0.1, 0.15) is 10.7 Å². The molecule has 0 radical (unpaired) electrons. The molecule has 0 unspecified atom stereocenters. The van der Waals surface area contributed by atoms with Crippen LogP contribution in [0.3, 0.4) is 0 Å². The van der Waals surface area contributed by atoms with Gasteiger partial charge in [0.25, 0.3) is 5.91 Å². The van der Waals surface area contributed by atoms with Crippen LogP contribution in [-0.2, 0) is 16.0 Å². The number of hydrogen-bond acceptors (Lipinski definition) is 4. The maximum absolute atomic E-state index is 12.4. The number of benzene rings is 1. The molecular weight excluding hydrogens is 338 g/mol. The molecule has 0 bridgehead atoms. The molecule has 7 heteroatoms. The first-order valence-electron chi connectivity index (χ1n) is 7.27. The molecule has 1 amide bonds. The van der Waals surface area contributed by atoms with E-state index >= 15 is 0 Å². The van der Waals surface area contributed by atoms with E-state index in [1.165, 1.54) is 17.8 Å². The van der Waals surface area contributed by atoms with Gasteiger partial charge < -0.3 is 15.2 Å². The quantitative estimate of drug-likeness (QED) is 0.837. The molecule has 0 fully saturated rings. The van der Waals surface area contributed by atoms with Gasteiger partial charge in [0.05, 0.1) is 17.2 Å². The summed E-state index contributed by atoms with van der Waals surface area (Å²) >= 11 is 7.56. The minimum Gasteiger partial charge on any atom is -0.496 e. The van der Waals surface area contributed by atoms with Gasteiger partial charge in [0.2, 0.25) is 0 Å². The Kier molecular flexibility index (Phi) is 5.96. The number of carboxylic acids is 1. The maximum Gasteiger partial charge on any atom is 0.337 e. The van der Waals surface area contributed by atoms with Crippen molar-refractivity contribution in [2.75, 3.05) is 17.7 Å². The van der Waals surface area contributed by atoms with E-state index in [1.807, 2.05) is 6.92 Å². The minimum absolute atomic E-state index is 0.00818. The van der Waals surface area contributed by atoms with E-state index in [1.54, 1.807) is 13.0 Å². The average Bonchev–Trinajstić information content (AvgIpc) is 2.50. The van der Waals surface area contributed by atoms with E-state index in [0.29, 0.717) is 40.7 Å². The Balaban J connectivity index is 2.32. The van der Waals surface area contributed by atoms with Crippen molar-refractivity contribution in [2.24, 2.45) is 0 Å². The number of ether oxygens (including phenoxy) is 1. The van der Waals surface area contributed by atoms with Crippen LogP contribution in [0.2, 0.25) is 5.02 Å². The zero-order valence-electron chi connectivity index (χ0n) is 12.9. The summed E-state index contributed by atoms with van der Waals surface area (Å²) in [5.41, 5.74) is 1.13. The summed E-state index contributed by atoms with van der Waals surface area (Å²) in [6, 6.07) is 3.10. The van der Waals surface area contributed by atoms with E-state index in [2.05, 4.69) is 5.32 Å². The fourth-order valence-corrected chi connectivity index (χ4v) is 3.38. The summed E-state index contributed by atoms with van der Waals surface area (Å²) in [7, 11) is 0. The largest absolute Gasteiger partial charge is 0.496 e. The number of carbonyl (C=O) groups is 2. The molecule has 1 aliphatic rings. The van der Waals surface area contributed by atoms with Crippen molar-refractivity contribution in [1.29, 1.82) is 0 Å². The number of halogens is 1. The van der Waals surface area contributed by atoms with Crippen molar-refractivity contribution in [3.8, 4) is 0 Å². The van der Waals surface area contributed by atoms with Crippen molar-refractivity contribution < 1.29 is 19.4 Å². The van der Waals surface area contributed by atoms with Crippen LogP contribution in [0.4, 0.5) is 5.69 Å². The monoisotopic (exact) mass is 355 g/mol. The lowest BCUT2D eigenvalue weighted by Gasteiger charge is -2.18. The second-order valence-corrected chi connectivity index (χ2v) is 6.57. The predicted molar refractivity (Wildman–Crippen MR) is 92.1 cm³/mol. The van der Waals surface area contributed by atoms with Crippen LogP contribution in [0, 0.1) is 0 Å². The minimum atomic E-state index is -1.12. The molecule has 124 valence electrons. The Morgan fingerprint density at radius 2 is 2.17 bits per heavy atom. The maximum atomic E-state index is 12.4. The summed E-state index contributed by atoms with van der Waals surface area (Å²) in [6.07, 6.45) is 1.46. The van der Waals surface area contributed by atoms with E-state index in [-0.39, 0.29) is 16.5 Å². The van der Waals surface area contributed by atoms with Crippen LogP contribution in [0.1, 0.15) is 36.2 Å². The lowest BCUT2D eigenvalue weighted by Crippen LogP contribution is -2.19. The highest BCUT2D eigenvalue weighted by atomic mass is 35.5. The number of rotatable bonds is 5. The van der Waals surface area contributed by atoms with Gasteiger partial charge in [-0.25, -0.2) is 4.79 Å². The first-order valence-corrected chi connectivity index (χ1v) is 8.64. The SMILES string of the molecule is CCCc1cc(NC(=O)C2=C(C)OCCS2)cc(C(=O)O)c1Cl. The fraction of sp³-hybridized carbons (Fsp3) is 0.375. The molecule has 1 aromatic carbocycles. The van der Waals surface area contributed by atoms with Crippen molar-refractivity contribution >= 4 is 40.9 Å². The molecule has 23 heavy (non-hydrogen) atoms. The molecule has 2 rings (SSSR count). The Morgan fingerprint density at radius 1 is 1.43 bits per heavy atom. The highest BCUT2D eigenvalue weighted by molar-refractivity contribution is 8.04. The zero-order valence-corrected chi connectivity index (χ0v) is 14.5. The first-order chi connectivity index (χ1) is 10.9. The van der Waals surface area contributed by atoms with Crippen molar-refractivity contribution in [1.82, 2.24) is 0 Å². The Hall–Kier alpha value is -1.66. The predicted octanol–water partition coefficient (Wildman–Crippen LogP) is 3.92. The summed E-state index contributed by atoms with van der Waals surface area (Å²) in [5, 5.41) is 12.2. The average molecular weight is 356 g/mol. The molecule has 2 N–H and O–H groups in total. The summed E-state index contributed by atoms with van der Waals surface area (Å²) in [5.74, 6) is -0.121. The van der Waals surface area contributed by atoms with Gasteiger partial charge in [0, 0.05) is 11.4 Å². The van der Waals surface area contributed by atoms with Crippen molar-refractivity contribution in [2.45, 2.75) is 26.7 Å². The Labute approximate surface area is 144 Å². The van der Waals surface area contributed by atoms with Crippen LogP contribution < -0.4 is 5.32 Å². The van der Waals surface area contributed by atoms with Crippen LogP contribution in [-0.4, -0.2) is 29.3 Å². The molecule has 0 aliphatic carbocycles. The normalized spacial score (nSPS) is 14.4. The number of nitrogens with one attached hydrogen (secondary N) is 1. The van der Waals surface area contributed by atoms with Crippen LogP contribution in [0.15, 0.2) is 22.8 Å². The molecule has 0 saturated heterocycles. The van der Waals surface area contributed by atoms with Crippen molar-refractivity contribution in [3.63, 3.8) is 0 Å².